The Hall–Kier alpha value is -2.34. The minimum atomic E-state index is -0.701. The molecule has 2 aromatic carbocycles. The molecule has 0 radical (unpaired) electrons. The van der Waals surface area contributed by atoms with E-state index in [2.05, 4.69) is 26.6 Å². The summed E-state index contributed by atoms with van der Waals surface area (Å²) in [6, 6.07) is 14.2. The average molecular weight is 405 g/mol. The largest absolute Gasteiger partial charge is 0.481 e. The van der Waals surface area contributed by atoms with Crippen LogP contribution in [0.25, 0.3) is 0 Å². The Labute approximate surface area is 155 Å². The second-order valence-corrected chi connectivity index (χ2v) is 6.42. The number of halogens is 1. The molecule has 25 heavy (non-hydrogen) atoms. The van der Waals surface area contributed by atoms with Crippen molar-refractivity contribution in [1.29, 1.82) is 0 Å². The standard InChI is InChI=1S/C19H21BrN2O3/c1-3-12-21-19(24)16-6-4-5-7-17(16)22-18(23)13(2)25-15-10-8-14(20)9-11-15/h4-11,13H,3,12H2,1-2H3,(H,21,24)(H,22,23)/t13-/m0/s1. The lowest BCUT2D eigenvalue weighted by atomic mass is 10.1. The van der Waals surface area contributed by atoms with E-state index in [9.17, 15) is 9.59 Å². The van der Waals surface area contributed by atoms with Crippen LogP contribution < -0.4 is 15.4 Å². The number of benzene rings is 2. The normalized spacial score (nSPS) is 11.5. The zero-order chi connectivity index (χ0) is 18.2. The summed E-state index contributed by atoms with van der Waals surface area (Å²) in [5.41, 5.74) is 0.896. The van der Waals surface area contributed by atoms with Crippen LogP contribution in [0, 0.1) is 0 Å². The molecule has 0 fully saturated rings. The van der Waals surface area contributed by atoms with Crippen LogP contribution in [0.2, 0.25) is 0 Å². The van der Waals surface area contributed by atoms with Gasteiger partial charge in [-0.1, -0.05) is 35.0 Å². The summed E-state index contributed by atoms with van der Waals surface area (Å²) in [6.45, 7) is 4.23. The lowest BCUT2D eigenvalue weighted by Crippen LogP contribution is -2.31. The van der Waals surface area contributed by atoms with Gasteiger partial charge in [0.05, 0.1) is 11.3 Å². The quantitative estimate of drug-likeness (QED) is 0.732. The fraction of sp³-hybridized carbons (Fsp3) is 0.263. The van der Waals surface area contributed by atoms with Crippen molar-refractivity contribution in [2.45, 2.75) is 26.4 Å². The van der Waals surface area contributed by atoms with Gasteiger partial charge in [-0.05, 0) is 49.7 Å². The monoisotopic (exact) mass is 404 g/mol. The second kappa shape index (κ2) is 9.22. The molecular formula is C19H21BrN2O3. The van der Waals surface area contributed by atoms with Gasteiger partial charge in [-0.25, -0.2) is 0 Å². The summed E-state index contributed by atoms with van der Waals surface area (Å²) in [7, 11) is 0. The van der Waals surface area contributed by atoms with Crippen molar-refractivity contribution >= 4 is 33.4 Å². The summed E-state index contributed by atoms with van der Waals surface area (Å²) in [5.74, 6) is 0.0673. The highest BCUT2D eigenvalue weighted by atomic mass is 79.9. The topological polar surface area (TPSA) is 67.4 Å². The molecule has 0 aromatic heterocycles. The van der Waals surface area contributed by atoms with E-state index in [0.29, 0.717) is 23.5 Å². The number of para-hydroxylation sites is 1. The molecule has 0 aliphatic heterocycles. The van der Waals surface area contributed by atoms with Crippen LogP contribution in [0.5, 0.6) is 5.75 Å². The number of carbonyl (C=O) groups excluding carboxylic acids is 2. The van der Waals surface area contributed by atoms with Crippen molar-refractivity contribution in [3.63, 3.8) is 0 Å². The van der Waals surface area contributed by atoms with Gasteiger partial charge in [0.25, 0.3) is 11.8 Å². The average Bonchev–Trinajstić information content (AvgIpc) is 2.62. The third-order valence-electron chi connectivity index (χ3n) is 3.46. The van der Waals surface area contributed by atoms with E-state index >= 15 is 0 Å². The molecule has 2 rings (SSSR count). The molecule has 1 atom stereocenters. The van der Waals surface area contributed by atoms with Crippen LogP contribution in [0.4, 0.5) is 5.69 Å². The molecule has 2 aromatic rings. The van der Waals surface area contributed by atoms with Crippen LogP contribution in [-0.4, -0.2) is 24.5 Å². The van der Waals surface area contributed by atoms with E-state index in [1.807, 2.05) is 19.1 Å². The van der Waals surface area contributed by atoms with Crippen molar-refractivity contribution in [3.05, 3.63) is 58.6 Å². The summed E-state index contributed by atoms with van der Waals surface area (Å²) in [4.78, 5) is 24.6. The predicted octanol–water partition coefficient (Wildman–Crippen LogP) is 3.99. The molecule has 5 nitrogen and oxygen atoms in total. The molecule has 0 unspecified atom stereocenters. The fourth-order valence-corrected chi connectivity index (χ4v) is 2.39. The molecule has 0 spiro atoms. The maximum absolute atomic E-state index is 12.4. The van der Waals surface area contributed by atoms with Gasteiger partial charge in [0.1, 0.15) is 5.75 Å². The Morgan fingerprint density at radius 1 is 1.12 bits per heavy atom. The SMILES string of the molecule is CCCNC(=O)c1ccccc1NC(=O)[C@H](C)Oc1ccc(Br)cc1. The number of hydrogen-bond acceptors (Lipinski definition) is 3. The molecule has 132 valence electrons. The van der Waals surface area contributed by atoms with Gasteiger partial charge in [-0.15, -0.1) is 0 Å². The summed E-state index contributed by atoms with van der Waals surface area (Å²) < 4.78 is 6.57. The summed E-state index contributed by atoms with van der Waals surface area (Å²) >= 11 is 3.35. The van der Waals surface area contributed by atoms with E-state index < -0.39 is 6.10 Å². The molecule has 0 aliphatic carbocycles. The maximum atomic E-state index is 12.4. The first-order valence-corrected chi connectivity index (χ1v) is 8.91. The molecule has 0 saturated heterocycles. The fourth-order valence-electron chi connectivity index (χ4n) is 2.13. The van der Waals surface area contributed by atoms with Gasteiger partial charge in [-0.2, -0.15) is 0 Å². The lowest BCUT2D eigenvalue weighted by Gasteiger charge is -2.16. The van der Waals surface area contributed by atoms with Gasteiger partial charge < -0.3 is 15.4 Å². The van der Waals surface area contributed by atoms with Crippen LogP contribution >= 0.6 is 15.9 Å². The zero-order valence-electron chi connectivity index (χ0n) is 14.2. The second-order valence-electron chi connectivity index (χ2n) is 5.50. The van der Waals surface area contributed by atoms with Gasteiger partial charge >= 0.3 is 0 Å². The van der Waals surface area contributed by atoms with Gasteiger partial charge in [0, 0.05) is 11.0 Å². The van der Waals surface area contributed by atoms with Crippen LogP contribution in [0.1, 0.15) is 30.6 Å². The first-order chi connectivity index (χ1) is 12.0. The number of amides is 2. The van der Waals surface area contributed by atoms with Crippen molar-refractivity contribution in [1.82, 2.24) is 5.32 Å². The number of hydrogen-bond donors (Lipinski definition) is 2. The van der Waals surface area contributed by atoms with Crippen molar-refractivity contribution in [3.8, 4) is 5.75 Å². The van der Waals surface area contributed by atoms with E-state index in [1.54, 1.807) is 43.3 Å². The zero-order valence-corrected chi connectivity index (χ0v) is 15.8. The van der Waals surface area contributed by atoms with E-state index in [1.165, 1.54) is 0 Å². The smallest absolute Gasteiger partial charge is 0.265 e. The maximum Gasteiger partial charge on any atom is 0.265 e. The molecule has 0 aliphatic rings. The van der Waals surface area contributed by atoms with Crippen molar-refractivity contribution in [2.75, 3.05) is 11.9 Å². The lowest BCUT2D eigenvalue weighted by molar-refractivity contribution is -0.122. The first kappa shape index (κ1) is 19.0. The highest BCUT2D eigenvalue weighted by Gasteiger charge is 2.18. The molecule has 0 saturated carbocycles. The van der Waals surface area contributed by atoms with Crippen LogP contribution in [0.15, 0.2) is 53.0 Å². The summed E-state index contributed by atoms with van der Waals surface area (Å²) in [6.07, 6.45) is 0.145. The Balaban J connectivity index is 2.04. The molecule has 0 heterocycles. The van der Waals surface area contributed by atoms with Crippen LogP contribution in [-0.2, 0) is 4.79 Å². The summed E-state index contributed by atoms with van der Waals surface area (Å²) in [5, 5.41) is 5.58. The minimum Gasteiger partial charge on any atom is -0.481 e. The van der Waals surface area contributed by atoms with Crippen molar-refractivity contribution in [2.24, 2.45) is 0 Å². The molecule has 2 amide bonds. The molecule has 6 heteroatoms. The number of rotatable bonds is 7. The first-order valence-electron chi connectivity index (χ1n) is 8.11. The Morgan fingerprint density at radius 3 is 2.48 bits per heavy atom. The molecular weight excluding hydrogens is 384 g/mol. The molecule has 2 N–H and O–H groups in total. The van der Waals surface area contributed by atoms with Crippen molar-refractivity contribution < 1.29 is 14.3 Å². The van der Waals surface area contributed by atoms with E-state index in [0.717, 1.165) is 10.9 Å². The van der Waals surface area contributed by atoms with Gasteiger partial charge in [0.2, 0.25) is 0 Å². The number of carbonyl (C=O) groups is 2. The predicted molar refractivity (Wildman–Crippen MR) is 102 cm³/mol. The molecule has 0 bridgehead atoms. The third-order valence-corrected chi connectivity index (χ3v) is 3.99. The Bertz CT molecular complexity index is 732. The Morgan fingerprint density at radius 2 is 1.80 bits per heavy atom. The number of ether oxygens (including phenoxy) is 1. The van der Waals surface area contributed by atoms with Gasteiger partial charge in [0.15, 0.2) is 6.10 Å². The highest BCUT2D eigenvalue weighted by Crippen LogP contribution is 2.19. The third kappa shape index (κ3) is 5.60. The number of anilines is 1. The minimum absolute atomic E-state index is 0.209. The van der Waals surface area contributed by atoms with Gasteiger partial charge in [-0.3, -0.25) is 9.59 Å². The highest BCUT2D eigenvalue weighted by molar-refractivity contribution is 9.10. The van der Waals surface area contributed by atoms with E-state index in [-0.39, 0.29) is 11.8 Å². The van der Waals surface area contributed by atoms with E-state index in [4.69, 9.17) is 4.74 Å². The number of nitrogens with one attached hydrogen (secondary N) is 2. The Kier molecular flexibility index (Phi) is 7.01. The van der Waals surface area contributed by atoms with Crippen LogP contribution in [0.3, 0.4) is 0 Å².